The van der Waals surface area contributed by atoms with Crippen molar-refractivity contribution in [1.29, 1.82) is 0 Å². The summed E-state index contributed by atoms with van der Waals surface area (Å²) in [6.45, 7) is 8.32. The predicted octanol–water partition coefficient (Wildman–Crippen LogP) is 2.23. The number of hydrogen-bond acceptors (Lipinski definition) is 7. The number of piperazine rings is 1. The molecule has 0 aliphatic carbocycles. The van der Waals surface area contributed by atoms with E-state index in [1.807, 2.05) is 18.3 Å². The lowest BCUT2D eigenvalue weighted by molar-refractivity contribution is 0.461. The Hall–Kier alpha value is -2.48. The van der Waals surface area contributed by atoms with Crippen molar-refractivity contribution >= 4 is 32.5 Å². The number of anilines is 2. The average Bonchev–Trinajstić information content (AvgIpc) is 3.07. The Morgan fingerprint density at radius 3 is 2.62 bits per heavy atom. The molecule has 8 heteroatoms. The lowest BCUT2D eigenvalue weighted by atomic mass is 10.2. The Bertz CT molecular complexity index is 924. The fraction of sp³-hybridized carbons (Fsp3) is 0.444. The van der Waals surface area contributed by atoms with Gasteiger partial charge in [-0.05, 0) is 18.1 Å². The molecule has 3 aromatic heterocycles. The van der Waals surface area contributed by atoms with E-state index in [0.717, 1.165) is 42.6 Å². The number of rotatable bonds is 4. The fourth-order valence-electron chi connectivity index (χ4n) is 3.11. The largest absolute Gasteiger partial charge is 0.352 e. The number of pyridine rings is 1. The van der Waals surface area contributed by atoms with E-state index in [-0.39, 0.29) is 5.56 Å². The highest BCUT2D eigenvalue weighted by molar-refractivity contribution is 7.22. The van der Waals surface area contributed by atoms with E-state index >= 15 is 0 Å². The van der Waals surface area contributed by atoms with E-state index < -0.39 is 0 Å². The summed E-state index contributed by atoms with van der Waals surface area (Å²) in [5.41, 5.74) is 0.918. The van der Waals surface area contributed by atoms with Gasteiger partial charge in [-0.2, -0.15) is 5.10 Å². The second kappa shape index (κ2) is 7.03. The van der Waals surface area contributed by atoms with Gasteiger partial charge in [-0.15, -0.1) is 0 Å². The maximum atomic E-state index is 12.0. The molecule has 4 rings (SSSR count). The zero-order valence-electron chi connectivity index (χ0n) is 15.0. The highest BCUT2D eigenvalue weighted by Crippen LogP contribution is 2.29. The van der Waals surface area contributed by atoms with E-state index in [9.17, 15) is 4.79 Å². The van der Waals surface area contributed by atoms with Gasteiger partial charge in [-0.1, -0.05) is 25.2 Å². The van der Waals surface area contributed by atoms with Crippen LogP contribution in [0.4, 0.5) is 10.9 Å². The number of hydrogen-bond donors (Lipinski definition) is 0. The minimum absolute atomic E-state index is 0.0378. The molecule has 0 bridgehead atoms. The molecule has 0 aromatic carbocycles. The Morgan fingerprint density at radius 2 is 1.88 bits per heavy atom. The van der Waals surface area contributed by atoms with Crippen LogP contribution in [0.5, 0.6) is 0 Å². The molecule has 1 saturated heterocycles. The summed E-state index contributed by atoms with van der Waals surface area (Å²) in [5, 5.41) is 5.61. The maximum Gasteiger partial charge on any atom is 0.266 e. The van der Waals surface area contributed by atoms with E-state index in [0.29, 0.717) is 12.5 Å². The van der Waals surface area contributed by atoms with Gasteiger partial charge in [0.1, 0.15) is 11.3 Å². The van der Waals surface area contributed by atoms with E-state index in [4.69, 9.17) is 4.98 Å². The smallest absolute Gasteiger partial charge is 0.266 e. The van der Waals surface area contributed by atoms with Crippen molar-refractivity contribution in [3.8, 4) is 0 Å². The first-order valence-corrected chi connectivity index (χ1v) is 9.70. The van der Waals surface area contributed by atoms with Crippen LogP contribution in [-0.4, -0.2) is 45.9 Å². The summed E-state index contributed by atoms with van der Waals surface area (Å²) in [6.07, 6.45) is 3.62. The standard InChI is InChI=1S/C18H22N6OS/c1-13(2)12-24-17(25)4-3-16(21-24)22-7-9-23(10-8-22)18-20-14-11-19-6-5-15(14)26-18/h3-6,11,13H,7-10,12H2,1-2H3. The molecule has 1 fully saturated rings. The lowest BCUT2D eigenvalue weighted by Gasteiger charge is -2.35. The minimum Gasteiger partial charge on any atom is -0.352 e. The molecule has 136 valence electrons. The number of aromatic nitrogens is 4. The van der Waals surface area contributed by atoms with Crippen molar-refractivity contribution in [1.82, 2.24) is 19.7 Å². The fourth-order valence-corrected chi connectivity index (χ4v) is 4.10. The first kappa shape index (κ1) is 17.0. The van der Waals surface area contributed by atoms with Crippen LogP contribution in [0, 0.1) is 5.92 Å². The van der Waals surface area contributed by atoms with Crippen molar-refractivity contribution in [2.45, 2.75) is 20.4 Å². The van der Waals surface area contributed by atoms with Crippen LogP contribution < -0.4 is 15.4 Å². The summed E-state index contributed by atoms with van der Waals surface area (Å²) in [6, 6.07) is 5.46. The van der Waals surface area contributed by atoms with Crippen LogP contribution in [0.25, 0.3) is 10.2 Å². The average molecular weight is 370 g/mol. The number of nitrogens with zero attached hydrogens (tertiary/aromatic N) is 6. The molecule has 3 aromatic rings. The van der Waals surface area contributed by atoms with Gasteiger partial charge in [0.05, 0.1) is 10.9 Å². The third-order valence-corrected chi connectivity index (χ3v) is 5.54. The lowest BCUT2D eigenvalue weighted by Crippen LogP contribution is -2.47. The van der Waals surface area contributed by atoms with Crippen molar-refractivity contribution < 1.29 is 0 Å². The molecule has 0 radical (unpaired) electrons. The van der Waals surface area contributed by atoms with Crippen LogP contribution in [-0.2, 0) is 6.54 Å². The molecule has 1 aliphatic rings. The maximum absolute atomic E-state index is 12.0. The molecule has 4 heterocycles. The monoisotopic (exact) mass is 370 g/mol. The SMILES string of the molecule is CC(C)Cn1nc(N2CCN(c3nc4cnccc4s3)CC2)ccc1=O. The summed E-state index contributed by atoms with van der Waals surface area (Å²) >= 11 is 1.71. The van der Waals surface area contributed by atoms with Crippen LogP contribution in [0.3, 0.4) is 0 Å². The quantitative estimate of drug-likeness (QED) is 0.702. The van der Waals surface area contributed by atoms with Gasteiger partial charge < -0.3 is 9.80 Å². The summed E-state index contributed by atoms with van der Waals surface area (Å²) < 4.78 is 2.74. The summed E-state index contributed by atoms with van der Waals surface area (Å²) in [5.74, 6) is 1.26. The van der Waals surface area contributed by atoms with Gasteiger partial charge in [-0.3, -0.25) is 9.78 Å². The van der Waals surface area contributed by atoms with Crippen molar-refractivity contribution in [2.75, 3.05) is 36.0 Å². The molecule has 0 amide bonds. The molecular weight excluding hydrogens is 348 g/mol. The number of thiazole rings is 1. The zero-order valence-corrected chi connectivity index (χ0v) is 15.8. The van der Waals surface area contributed by atoms with Crippen LogP contribution >= 0.6 is 11.3 Å². The first-order valence-electron chi connectivity index (χ1n) is 8.89. The second-order valence-electron chi connectivity index (χ2n) is 6.92. The van der Waals surface area contributed by atoms with E-state index in [1.54, 1.807) is 28.3 Å². The van der Waals surface area contributed by atoms with Gasteiger partial charge in [-0.25, -0.2) is 9.67 Å². The Morgan fingerprint density at radius 1 is 1.12 bits per heavy atom. The zero-order chi connectivity index (χ0) is 18.1. The van der Waals surface area contributed by atoms with Crippen molar-refractivity contribution in [3.05, 3.63) is 40.9 Å². The Balaban J connectivity index is 1.47. The molecule has 0 atom stereocenters. The molecule has 0 N–H and O–H groups in total. The predicted molar refractivity (Wildman–Crippen MR) is 105 cm³/mol. The van der Waals surface area contributed by atoms with Gasteiger partial charge >= 0.3 is 0 Å². The molecule has 0 saturated carbocycles. The molecule has 7 nitrogen and oxygen atoms in total. The third kappa shape index (κ3) is 3.41. The molecule has 26 heavy (non-hydrogen) atoms. The topological polar surface area (TPSA) is 67.2 Å². The number of fused-ring (bicyclic) bond motifs is 1. The highest BCUT2D eigenvalue weighted by atomic mass is 32.1. The normalized spacial score (nSPS) is 15.2. The first-order chi connectivity index (χ1) is 12.6. The van der Waals surface area contributed by atoms with Crippen molar-refractivity contribution in [3.63, 3.8) is 0 Å². The highest BCUT2D eigenvalue weighted by Gasteiger charge is 2.21. The molecule has 0 spiro atoms. The van der Waals surface area contributed by atoms with Gasteiger partial charge in [0.2, 0.25) is 0 Å². The molecular formula is C18H22N6OS. The van der Waals surface area contributed by atoms with Gasteiger partial charge in [0, 0.05) is 45.0 Å². The Labute approximate surface area is 155 Å². The molecule has 1 aliphatic heterocycles. The van der Waals surface area contributed by atoms with Crippen LogP contribution in [0.1, 0.15) is 13.8 Å². The van der Waals surface area contributed by atoms with E-state index in [1.165, 1.54) is 4.70 Å². The summed E-state index contributed by atoms with van der Waals surface area (Å²) in [4.78, 5) is 25.4. The van der Waals surface area contributed by atoms with E-state index in [2.05, 4.69) is 33.7 Å². The minimum atomic E-state index is -0.0378. The van der Waals surface area contributed by atoms with Crippen LogP contribution in [0.2, 0.25) is 0 Å². The molecule has 0 unspecified atom stereocenters. The summed E-state index contributed by atoms with van der Waals surface area (Å²) in [7, 11) is 0. The Kier molecular flexibility index (Phi) is 4.58. The third-order valence-electron chi connectivity index (χ3n) is 4.44. The van der Waals surface area contributed by atoms with Gasteiger partial charge in [0.15, 0.2) is 5.13 Å². The second-order valence-corrected chi connectivity index (χ2v) is 7.93. The van der Waals surface area contributed by atoms with Crippen LogP contribution in [0.15, 0.2) is 35.4 Å². The van der Waals surface area contributed by atoms with Crippen molar-refractivity contribution in [2.24, 2.45) is 5.92 Å². The van der Waals surface area contributed by atoms with Gasteiger partial charge in [0.25, 0.3) is 5.56 Å².